The van der Waals surface area contributed by atoms with Gasteiger partial charge in [0.2, 0.25) is 0 Å². The second kappa shape index (κ2) is 4.99. The molecule has 1 N–H and O–H groups in total. The van der Waals surface area contributed by atoms with Gasteiger partial charge >= 0.3 is 0 Å². The van der Waals surface area contributed by atoms with Crippen LogP contribution in [-0.2, 0) is 6.42 Å². The number of thiophene rings is 1. The first-order valence-electron chi connectivity index (χ1n) is 4.46. The second-order valence-corrected chi connectivity index (χ2v) is 4.87. The van der Waals surface area contributed by atoms with Crippen molar-refractivity contribution in [2.45, 2.75) is 25.8 Å². The standard InChI is InChI=1S/C10H16ClNS/c1-10(2,8-11)12-5-3-9-4-6-13-7-9/h4,6-7,12H,3,5,8H2,1-2H3. The number of nitrogens with one attached hydrogen (secondary N) is 1. The van der Waals surface area contributed by atoms with Crippen molar-refractivity contribution in [1.29, 1.82) is 0 Å². The maximum atomic E-state index is 5.79. The summed E-state index contributed by atoms with van der Waals surface area (Å²) in [6, 6.07) is 2.17. The van der Waals surface area contributed by atoms with Gasteiger partial charge in [0.05, 0.1) is 0 Å². The molecule has 0 aliphatic rings. The van der Waals surface area contributed by atoms with E-state index >= 15 is 0 Å². The predicted molar refractivity (Wildman–Crippen MR) is 60.8 cm³/mol. The Bertz CT molecular complexity index is 231. The highest BCUT2D eigenvalue weighted by Crippen LogP contribution is 2.08. The van der Waals surface area contributed by atoms with E-state index < -0.39 is 0 Å². The largest absolute Gasteiger partial charge is 0.310 e. The van der Waals surface area contributed by atoms with Crippen LogP contribution >= 0.6 is 22.9 Å². The fourth-order valence-corrected chi connectivity index (χ4v) is 1.83. The maximum Gasteiger partial charge on any atom is 0.0400 e. The van der Waals surface area contributed by atoms with Crippen LogP contribution in [0.3, 0.4) is 0 Å². The molecule has 0 saturated heterocycles. The summed E-state index contributed by atoms with van der Waals surface area (Å²) in [7, 11) is 0. The van der Waals surface area contributed by atoms with E-state index in [1.54, 1.807) is 11.3 Å². The third-order valence-corrected chi connectivity index (χ3v) is 3.33. The molecule has 1 nitrogen and oxygen atoms in total. The monoisotopic (exact) mass is 217 g/mol. The fourth-order valence-electron chi connectivity index (χ4n) is 1.03. The summed E-state index contributed by atoms with van der Waals surface area (Å²) in [6.45, 7) is 5.23. The van der Waals surface area contributed by atoms with Gasteiger partial charge < -0.3 is 5.32 Å². The Kier molecular flexibility index (Phi) is 4.23. The molecule has 0 unspecified atom stereocenters. The molecule has 0 aliphatic carbocycles. The third kappa shape index (κ3) is 4.12. The quantitative estimate of drug-likeness (QED) is 0.748. The smallest absolute Gasteiger partial charge is 0.0400 e. The van der Waals surface area contributed by atoms with Crippen LogP contribution in [0.15, 0.2) is 16.8 Å². The first-order valence-corrected chi connectivity index (χ1v) is 5.94. The number of halogens is 1. The van der Waals surface area contributed by atoms with Crippen molar-refractivity contribution in [2.75, 3.05) is 12.4 Å². The Balaban J connectivity index is 2.21. The summed E-state index contributed by atoms with van der Waals surface area (Å²) in [5.41, 5.74) is 1.46. The first kappa shape index (κ1) is 11.0. The van der Waals surface area contributed by atoms with Crippen molar-refractivity contribution in [3.8, 4) is 0 Å². The molecule has 0 bridgehead atoms. The molecule has 1 aromatic heterocycles. The zero-order valence-corrected chi connectivity index (χ0v) is 9.71. The van der Waals surface area contributed by atoms with E-state index in [0.717, 1.165) is 13.0 Å². The SMILES string of the molecule is CC(C)(CCl)NCCc1ccsc1. The van der Waals surface area contributed by atoms with E-state index in [2.05, 4.69) is 36.0 Å². The minimum Gasteiger partial charge on any atom is -0.310 e. The van der Waals surface area contributed by atoms with Crippen molar-refractivity contribution < 1.29 is 0 Å². The fraction of sp³-hybridized carbons (Fsp3) is 0.600. The van der Waals surface area contributed by atoms with Gasteiger partial charge in [-0.25, -0.2) is 0 Å². The predicted octanol–water partition coefficient (Wildman–Crippen LogP) is 2.90. The molecular weight excluding hydrogens is 202 g/mol. The van der Waals surface area contributed by atoms with Crippen LogP contribution in [0.4, 0.5) is 0 Å². The second-order valence-electron chi connectivity index (χ2n) is 3.83. The van der Waals surface area contributed by atoms with Crippen molar-refractivity contribution in [2.24, 2.45) is 0 Å². The number of alkyl halides is 1. The van der Waals surface area contributed by atoms with Crippen LogP contribution in [0.5, 0.6) is 0 Å². The normalized spacial score (nSPS) is 11.9. The number of rotatable bonds is 5. The van der Waals surface area contributed by atoms with E-state index in [1.807, 2.05) is 0 Å². The van der Waals surface area contributed by atoms with Gasteiger partial charge in [-0.1, -0.05) is 0 Å². The zero-order chi connectivity index (χ0) is 9.73. The van der Waals surface area contributed by atoms with Crippen molar-refractivity contribution in [3.05, 3.63) is 22.4 Å². The molecule has 3 heteroatoms. The minimum absolute atomic E-state index is 0.0532. The summed E-state index contributed by atoms with van der Waals surface area (Å²) in [5, 5.41) is 7.72. The van der Waals surface area contributed by atoms with E-state index in [4.69, 9.17) is 11.6 Å². The Morgan fingerprint density at radius 1 is 1.54 bits per heavy atom. The summed E-state index contributed by atoms with van der Waals surface area (Å²) >= 11 is 7.54. The zero-order valence-electron chi connectivity index (χ0n) is 8.14. The lowest BCUT2D eigenvalue weighted by atomic mass is 10.1. The van der Waals surface area contributed by atoms with Gasteiger partial charge in [-0.2, -0.15) is 11.3 Å². The Hall–Kier alpha value is -0.0500. The molecule has 1 rings (SSSR count). The van der Waals surface area contributed by atoms with Gasteiger partial charge in [0.1, 0.15) is 0 Å². The third-order valence-electron chi connectivity index (χ3n) is 1.93. The maximum absolute atomic E-state index is 5.79. The Morgan fingerprint density at radius 3 is 2.85 bits per heavy atom. The van der Waals surface area contributed by atoms with E-state index in [0.29, 0.717) is 5.88 Å². The van der Waals surface area contributed by atoms with Gasteiger partial charge in [0.15, 0.2) is 0 Å². The molecule has 0 amide bonds. The molecule has 74 valence electrons. The van der Waals surface area contributed by atoms with Crippen LogP contribution in [0, 0.1) is 0 Å². The molecule has 0 atom stereocenters. The van der Waals surface area contributed by atoms with E-state index in [1.165, 1.54) is 5.56 Å². The highest BCUT2D eigenvalue weighted by Gasteiger charge is 2.13. The molecule has 0 fully saturated rings. The highest BCUT2D eigenvalue weighted by molar-refractivity contribution is 7.07. The van der Waals surface area contributed by atoms with Crippen molar-refractivity contribution >= 4 is 22.9 Å². The van der Waals surface area contributed by atoms with Gasteiger partial charge in [0, 0.05) is 11.4 Å². The van der Waals surface area contributed by atoms with Crippen LogP contribution in [0.25, 0.3) is 0 Å². The molecule has 0 radical (unpaired) electrons. The summed E-state index contributed by atoms with van der Waals surface area (Å²) in [4.78, 5) is 0. The lowest BCUT2D eigenvalue weighted by molar-refractivity contribution is 0.435. The van der Waals surface area contributed by atoms with Gasteiger partial charge in [-0.05, 0) is 49.2 Å². The average molecular weight is 218 g/mol. The molecule has 1 heterocycles. The highest BCUT2D eigenvalue weighted by atomic mass is 35.5. The summed E-state index contributed by atoms with van der Waals surface area (Å²) < 4.78 is 0. The number of hydrogen-bond acceptors (Lipinski definition) is 2. The Morgan fingerprint density at radius 2 is 2.31 bits per heavy atom. The van der Waals surface area contributed by atoms with Gasteiger partial charge in [-0.15, -0.1) is 11.6 Å². The lowest BCUT2D eigenvalue weighted by Crippen LogP contribution is -2.41. The van der Waals surface area contributed by atoms with Gasteiger partial charge in [0.25, 0.3) is 0 Å². The van der Waals surface area contributed by atoms with Crippen LogP contribution < -0.4 is 5.32 Å². The van der Waals surface area contributed by atoms with E-state index in [9.17, 15) is 0 Å². The average Bonchev–Trinajstić information content (AvgIpc) is 2.57. The van der Waals surface area contributed by atoms with Gasteiger partial charge in [-0.3, -0.25) is 0 Å². The van der Waals surface area contributed by atoms with Crippen LogP contribution in [-0.4, -0.2) is 18.0 Å². The lowest BCUT2D eigenvalue weighted by Gasteiger charge is -2.23. The topological polar surface area (TPSA) is 12.0 Å². The molecule has 0 aromatic carbocycles. The molecule has 1 aromatic rings. The van der Waals surface area contributed by atoms with Crippen molar-refractivity contribution in [1.82, 2.24) is 5.32 Å². The van der Waals surface area contributed by atoms with Crippen molar-refractivity contribution in [3.63, 3.8) is 0 Å². The van der Waals surface area contributed by atoms with E-state index in [-0.39, 0.29) is 5.54 Å². The van der Waals surface area contributed by atoms with Crippen LogP contribution in [0.1, 0.15) is 19.4 Å². The Labute approximate surface area is 89.1 Å². The summed E-state index contributed by atoms with van der Waals surface area (Å²) in [5.74, 6) is 0.649. The molecule has 13 heavy (non-hydrogen) atoms. The molecular formula is C10H16ClNS. The molecule has 0 spiro atoms. The molecule has 0 saturated carbocycles. The first-order chi connectivity index (χ1) is 6.14. The minimum atomic E-state index is 0.0532. The molecule has 0 aliphatic heterocycles. The number of hydrogen-bond donors (Lipinski definition) is 1. The summed E-state index contributed by atoms with van der Waals surface area (Å²) in [6.07, 6.45) is 1.09. The van der Waals surface area contributed by atoms with Crippen LogP contribution in [0.2, 0.25) is 0 Å².